The number of rotatable bonds is 3. The molecule has 0 atom stereocenters. The van der Waals surface area contributed by atoms with Crippen molar-refractivity contribution in [3.63, 3.8) is 0 Å². The Morgan fingerprint density at radius 2 is 2.00 bits per heavy atom. The molecule has 2 N–H and O–H groups in total. The number of hydrogen-bond acceptors (Lipinski definition) is 5. The van der Waals surface area contributed by atoms with Crippen LogP contribution in [0.2, 0.25) is 0 Å². The van der Waals surface area contributed by atoms with Crippen LogP contribution in [0, 0.1) is 6.92 Å². The van der Waals surface area contributed by atoms with Crippen LogP contribution in [0.25, 0.3) is 9.53 Å². The number of anilines is 2. The number of hydrogen-bond donors (Lipinski definition) is 2. The van der Waals surface area contributed by atoms with Gasteiger partial charge >= 0.3 is 5.97 Å². The normalized spacial score (nSPS) is 10.8. The summed E-state index contributed by atoms with van der Waals surface area (Å²) in [4.78, 5) is 16.3. The van der Waals surface area contributed by atoms with Crippen LogP contribution in [0.15, 0.2) is 30.3 Å². The standard InChI is InChI=1S/C13H10N2O2S2/c1-7-2-4-8(5-3-7)14-13-15-11-9(19-13)6-10(18-11)12(16)17/h2-6H,1H3,(H,14,15)(H,16,17). The van der Waals surface area contributed by atoms with Crippen molar-refractivity contribution >= 4 is 49.0 Å². The molecule has 0 aliphatic heterocycles. The predicted molar refractivity (Wildman–Crippen MR) is 78.9 cm³/mol. The Morgan fingerprint density at radius 3 is 2.63 bits per heavy atom. The lowest BCUT2D eigenvalue weighted by Gasteiger charge is -2.01. The van der Waals surface area contributed by atoms with Gasteiger partial charge in [0.25, 0.3) is 0 Å². The van der Waals surface area contributed by atoms with Crippen LogP contribution < -0.4 is 5.32 Å². The minimum absolute atomic E-state index is 0.329. The van der Waals surface area contributed by atoms with E-state index in [9.17, 15) is 4.79 Å². The van der Waals surface area contributed by atoms with Gasteiger partial charge in [-0.15, -0.1) is 11.3 Å². The highest BCUT2D eigenvalue weighted by Gasteiger charge is 2.12. The molecule has 1 aromatic carbocycles. The van der Waals surface area contributed by atoms with Crippen molar-refractivity contribution in [2.75, 3.05) is 5.32 Å². The molecular weight excluding hydrogens is 280 g/mol. The van der Waals surface area contributed by atoms with Gasteiger partial charge in [0.05, 0.1) is 4.70 Å². The van der Waals surface area contributed by atoms with Gasteiger partial charge in [0.1, 0.15) is 9.71 Å². The number of thiophene rings is 1. The molecule has 0 saturated heterocycles. The van der Waals surface area contributed by atoms with Gasteiger partial charge in [0.15, 0.2) is 5.13 Å². The zero-order valence-electron chi connectivity index (χ0n) is 10.0. The Labute approximate surface area is 117 Å². The molecule has 19 heavy (non-hydrogen) atoms. The molecule has 0 bridgehead atoms. The number of aromatic nitrogens is 1. The van der Waals surface area contributed by atoms with Gasteiger partial charge < -0.3 is 10.4 Å². The summed E-state index contributed by atoms with van der Waals surface area (Å²) in [5.41, 5.74) is 2.18. The number of thiazole rings is 1. The lowest BCUT2D eigenvalue weighted by molar-refractivity contribution is 0.0702. The number of carboxylic acid groups (broad SMARTS) is 1. The van der Waals surface area contributed by atoms with Crippen LogP contribution >= 0.6 is 22.7 Å². The van der Waals surface area contributed by atoms with Crippen LogP contribution in [0.1, 0.15) is 15.2 Å². The van der Waals surface area contributed by atoms with E-state index in [1.54, 1.807) is 6.07 Å². The van der Waals surface area contributed by atoms with Gasteiger partial charge in [0.2, 0.25) is 0 Å². The molecule has 2 aromatic heterocycles. The number of carbonyl (C=O) groups is 1. The minimum atomic E-state index is -0.900. The van der Waals surface area contributed by atoms with E-state index in [4.69, 9.17) is 5.11 Å². The molecule has 3 aromatic rings. The van der Waals surface area contributed by atoms with Gasteiger partial charge in [-0.25, -0.2) is 9.78 Å². The van der Waals surface area contributed by atoms with Crippen LogP contribution in [0.4, 0.5) is 10.8 Å². The predicted octanol–water partition coefficient (Wildman–Crippen LogP) is 4.11. The summed E-state index contributed by atoms with van der Waals surface area (Å²) in [6.45, 7) is 2.04. The fourth-order valence-corrected chi connectivity index (χ4v) is 3.63. The molecule has 3 rings (SSSR count). The lowest BCUT2D eigenvalue weighted by atomic mass is 10.2. The average Bonchev–Trinajstić information content (AvgIpc) is 2.90. The second-order valence-electron chi connectivity index (χ2n) is 4.10. The summed E-state index contributed by atoms with van der Waals surface area (Å²) < 4.78 is 0.900. The summed E-state index contributed by atoms with van der Waals surface area (Å²) in [6.07, 6.45) is 0. The van der Waals surface area contributed by atoms with E-state index in [2.05, 4.69) is 10.3 Å². The van der Waals surface area contributed by atoms with Gasteiger partial charge in [-0.3, -0.25) is 0 Å². The van der Waals surface area contributed by atoms with E-state index < -0.39 is 5.97 Å². The van der Waals surface area contributed by atoms with Crippen molar-refractivity contribution in [3.05, 3.63) is 40.8 Å². The maximum atomic E-state index is 10.8. The molecule has 0 radical (unpaired) electrons. The van der Waals surface area contributed by atoms with E-state index in [0.29, 0.717) is 4.88 Å². The largest absolute Gasteiger partial charge is 0.477 e. The maximum absolute atomic E-state index is 10.8. The second kappa shape index (κ2) is 4.64. The summed E-state index contributed by atoms with van der Waals surface area (Å²) in [7, 11) is 0. The van der Waals surface area contributed by atoms with Crippen molar-refractivity contribution in [1.82, 2.24) is 4.98 Å². The van der Waals surface area contributed by atoms with Crippen molar-refractivity contribution in [3.8, 4) is 0 Å². The van der Waals surface area contributed by atoms with E-state index >= 15 is 0 Å². The third-order valence-corrected chi connectivity index (χ3v) is 4.67. The molecule has 0 spiro atoms. The SMILES string of the molecule is Cc1ccc(Nc2nc3sc(C(=O)O)cc3s2)cc1. The van der Waals surface area contributed by atoms with Crippen LogP contribution in [-0.2, 0) is 0 Å². The fraction of sp³-hybridized carbons (Fsp3) is 0.0769. The molecule has 2 heterocycles. The molecule has 0 amide bonds. The molecule has 0 unspecified atom stereocenters. The Morgan fingerprint density at radius 1 is 1.26 bits per heavy atom. The third-order valence-electron chi connectivity index (χ3n) is 2.60. The third kappa shape index (κ3) is 2.45. The quantitative estimate of drug-likeness (QED) is 0.762. The van der Waals surface area contributed by atoms with Crippen LogP contribution in [0.3, 0.4) is 0 Å². The van der Waals surface area contributed by atoms with Crippen LogP contribution in [-0.4, -0.2) is 16.1 Å². The summed E-state index contributed by atoms with van der Waals surface area (Å²) in [5, 5.41) is 12.9. The Kier molecular flexibility index (Phi) is 2.96. The van der Waals surface area contributed by atoms with E-state index in [-0.39, 0.29) is 0 Å². The highest BCUT2D eigenvalue weighted by molar-refractivity contribution is 7.29. The van der Waals surface area contributed by atoms with E-state index in [1.165, 1.54) is 28.2 Å². The molecule has 96 valence electrons. The Balaban J connectivity index is 1.87. The molecule has 0 fully saturated rings. The number of nitrogens with one attached hydrogen (secondary N) is 1. The Hall–Kier alpha value is -1.92. The number of nitrogens with zero attached hydrogens (tertiary/aromatic N) is 1. The zero-order valence-corrected chi connectivity index (χ0v) is 11.6. The fourth-order valence-electron chi connectivity index (χ4n) is 1.65. The first-order valence-corrected chi connectivity index (χ1v) is 7.22. The number of aromatic carboxylic acids is 1. The summed E-state index contributed by atoms with van der Waals surface area (Å²) in [6, 6.07) is 9.71. The molecule has 0 saturated carbocycles. The first kappa shape index (κ1) is 12.1. The number of fused-ring (bicyclic) bond motifs is 1. The highest BCUT2D eigenvalue weighted by atomic mass is 32.1. The highest BCUT2D eigenvalue weighted by Crippen LogP contribution is 2.34. The van der Waals surface area contributed by atoms with Crippen molar-refractivity contribution in [2.24, 2.45) is 0 Å². The molecule has 0 aliphatic rings. The van der Waals surface area contributed by atoms with E-state index in [0.717, 1.165) is 20.3 Å². The first-order chi connectivity index (χ1) is 9.11. The average molecular weight is 290 g/mol. The van der Waals surface area contributed by atoms with Gasteiger partial charge in [0, 0.05) is 5.69 Å². The topological polar surface area (TPSA) is 62.2 Å². The minimum Gasteiger partial charge on any atom is -0.477 e. The number of benzene rings is 1. The van der Waals surface area contributed by atoms with E-state index in [1.807, 2.05) is 31.2 Å². The van der Waals surface area contributed by atoms with Crippen molar-refractivity contribution < 1.29 is 9.90 Å². The smallest absolute Gasteiger partial charge is 0.345 e. The molecule has 6 heteroatoms. The Bertz CT molecular complexity index is 712. The lowest BCUT2D eigenvalue weighted by Crippen LogP contribution is -1.90. The summed E-state index contributed by atoms with van der Waals surface area (Å²) in [5.74, 6) is -0.900. The molecule has 0 aliphatic carbocycles. The number of carboxylic acids is 1. The van der Waals surface area contributed by atoms with Crippen molar-refractivity contribution in [1.29, 1.82) is 0 Å². The molecular formula is C13H10N2O2S2. The molecule has 4 nitrogen and oxygen atoms in total. The number of aryl methyl sites for hydroxylation is 1. The van der Waals surface area contributed by atoms with Gasteiger partial charge in [-0.1, -0.05) is 29.0 Å². The van der Waals surface area contributed by atoms with Gasteiger partial charge in [-0.2, -0.15) is 0 Å². The van der Waals surface area contributed by atoms with Crippen LogP contribution in [0.5, 0.6) is 0 Å². The monoisotopic (exact) mass is 290 g/mol. The van der Waals surface area contributed by atoms with Gasteiger partial charge in [-0.05, 0) is 25.1 Å². The first-order valence-electron chi connectivity index (χ1n) is 5.59. The summed E-state index contributed by atoms with van der Waals surface area (Å²) >= 11 is 2.66. The van der Waals surface area contributed by atoms with Crippen molar-refractivity contribution in [2.45, 2.75) is 6.92 Å². The zero-order chi connectivity index (χ0) is 13.4. The maximum Gasteiger partial charge on any atom is 0.345 e. The second-order valence-corrected chi connectivity index (χ2v) is 6.16.